The number of aromatic nitrogens is 2. The standard InChI is InChI=1S/C19H25N3OS/c1-13-10-17(14(2)24-13)12-22-7-5-19(6-8-22)18-16(4-9-23-19)11-20-15(3)21-18/h10-11H,4-9,12H2,1-3H3. The molecule has 2 aromatic rings. The van der Waals surface area contributed by atoms with Crippen molar-refractivity contribution in [2.24, 2.45) is 0 Å². The van der Waals surface area contributed by atoms with Crippen molar-refractivity contribution in [1.82, 2.24) is 14.9 Å². The molecule has 2 aromatic heterocycles. The van der Waals surface area contributed by atoms with Crippen LogP contribution in [-0.4, -0.2) is 34.6 Å². The van der Waals surface area contributed by atoms with Crippen molar-refractivity contribution in [3.63, 3.8) is 0 Å². The number of hydrogen-bond donors (Lipinski definition) is 0. The van der Waals surface area contributed by atoms with Gasteiger partial charge in [0.1, 0.15) is 11.4 Å². The van der Waals surface area contributed by atoms with E-state index < -0.39 is 0 Å². The van der Waals surface area contributed by atoms with Crippen molar-refractivity contribution < 1.29 is 4.74 Å². The van der Waals surface area contributed by atoms with Gasteiger partial charge in [0.25, 0.3) is 0 Å². The monoisotopic (exact) mass is 343 g/mol. The second kappa shape index (κ2) is 6.21. The van der Waals surface area contributed by atoms with Gasteiger partial charge in [0.05, 0.1) is 12.3 Å². The van der Waals surface area contributed by atoms with Gasteiger partial charge in [-0.1, -0.05) is 0 Å². The summed E-state index contributed by atoms with van der Waals surface area (Å²) in [5, 5.41) is 0. The number of rotatable bonds is 2. The van der Waals surface area contributed by atoms with Gasteiger partial charge >= 0.3 is 0 Å². The highest BCUT2D eigenvalue weighted by Crippen LogP contribution is 2.40. The fourth-order valence-corrected chi connectivity index (χ4v) is 4.97. The predicted molar refractivity (Wildman–Crippen MR) is 96.4 cm³/mol. The fraction of sp³-hybridized carbons (Fsp3) is 0.579. The van der Waals surface area contributed by atoms with E-state index in [1.807, 2.05) is 24.5 Å². The molecular weight excluding hydrogens is 318 g/mol. The molecule has 0 unspecified atom stereocenters. The molecule has 0 saturated carbocycles. The van der Waals surface area contributed by atoms with Crippen LogP contribution in [0.15, 0.2) is 12.3 Å². The molecule has 4 heterocycles. The Bertz CT molecular complexity index is 747. The topological polar surface area (TPSA) is 38.2 Å². The van der Waals surface area contributed by atoms with Crippen LogP contribution in [0.5, 0.6) is 0 Å². The first kappa shape index (κ1) is 16.2. The third kappa shape index (κ3) is 2.89. The average molecular weight is 343 g/mol. The third-order valence-corrected chi connectivity index (χ3v) is 6.38. The number of fused-ring (bicyclic) bond motifs is 2. The van der Waals surface area contributed by atoms with Gasteiger partial charge in [-0.05, 0) is 57.2 Å². The van der Waals surface area contributed by atoms with Crippen LogP contribution < -0.4 is 0 Å². The van der Waals surface area contributed by atoms with Crippen LogP contribution in [0.25, 0.3) is 0 Å². The minimum Gasteiger partial charge on any atom is -0.368 e. The molecule has 0 amide bonds. The fourth-order valence-electron chi connectivity index (χ4n) is 4.03. The number of nitrogens with zero attached hydrogens (tertiary/aromatic N) is 3. The number of piperidine rings is 1. The van der Waals surface area contributed by atoms with Crippen molar-refractivity contribution in [3.8, 4) is 0 Å². The molecule has 2 aliphatic heterocycles. The molecule has 24 heavy (non-hydrogen) atoms. The van der Waals surface area contributed by atoms with Gasteiger partial charge in [0.15, 0.2) is 0 Å². The summed E-state index contributed by atoms with van der Waals surface area (Å²) < 4.78 is 6.30. The summed E-state index contributed by atoms with van der Waals surface area (Å²) in [6, 6.07) is 2.34. The Morgan fingerprint density at radius 1 is 1.25 bits per heavy atom. The Morgan fingerprint density at radius 2 is 2.04 bits per heavy atom. The zero-order valence-corrected chi connectivity index (χ0v) is 15.6. The first-order chi connectivity index (χ1) is 11.6. The molecule has 2 aliphatic rings. The molecule has 0 aliphatic carbocycles. The summed E-state index contributed by atoms with van der Waals surface area (Å²) >= 11 is 1.90. The van der Waals surface area contributed by atoms with Crippen LogP contribution in [-0.2, 0) is 23.3 Å². The van der Waals surface area contributed by atoms with Gasteiger partial charge in [-0.15, -0.1) is 11.3 Å². The van der Waals surface area contributed by atoms with Crippen molar-refractivity contribution in [3.05, 3.63) is 44.7 Å². The van der Waals surface area contributed by atoms with Crippen molar-refractivity contribution in [2.45, 2.75) is 52.2 Å². The van der Waals surface area contributed by atoms with E-state index in [4.69, 9.17) is 9.72 Å². The van der Waals surface area contributed by atoms with E-state index in [2.05, 4.69) is 29.8 Å². The molecule has 0 N–H and O–H groups in total. The quantitative estimate of drug-likeness (QED) is 0.836. The molecule has 0 atom stereocenters. The van der Waals surface area contributed by atoms with E-state index in [-0.39, 0.29) is 5.60 Å². The first-order valence-electron chi connectivity index (χ1n) is 8.81. The summed E-state index contributed by atoms with van der Waals surface area (Å²) in [5.74, 6) is 0.852. The first-order valence-corrected chi connectivity index (χ1v) is 9.63. The zero-order valence-electron chi connectivity index (χ0n) is 14.8. The average Bonchev–Trinajstić information content (AvgIpc) is 2.88. The molecule has 4 nitrogen and oxygen atoms in total. The van der Waals surface area contributed by atoms with Gasteiger partial charge in [0, 0.05) is 35.6 Å². The van der Waals surface area contributed by atoms with E-state index in [9.17, 15) is 0 Å². The van der Waals surface area contributed by atoms with Crippen molar-refractivity contribution in [1.29, 1.82) is 0 Å². The van der Waals surface area contributed by atoms with Crippen LogP contribution in [0.1, 0.15) is 45.2 Å². The van der Waals surface area contributed by atoms with Crippen LogP contribution >= 0.6 is 11.3 Å². The highest BCUT2D eigenvalue weighted by molar-refractivity contribution is 7.12. The number of aryl methyl sites for hydroxylation is 3. The minimum absolute atomic E-state index is 0.183. The lowest BCUT2D eigenvalue weighted by Gasteiger charge is -2.44. The lowest BCUT2D eigenvalue weighted by Crippen LogP contribution is -2.47. The lowest BCUT2D eigenvalue weighted by atomic mass is 9.83. The van der Waals surface area contributed by atoms with E-state index in [1.165, 1.54) is 20.9 Å². The van der Waals surface area contributed by atoms with E-state index in [1.54, 1.807) is 0 Å². The maximum absolute atomic E-state index is 6.30. The van der Waals surface area contributed by atoms with Gasteiger partial charge < -0.3 is 4.74 Å². The highest BCUT2D eigenvalue weighted by Gasteiger charge is 2.42. The normalized spacial score (nSPS) is 20.3. The second-order valence-corrected chi connectivity index (χ2v) is 8.56. The highest BCUT2D eigenvalue weighted by atomic mass is 32.1. The molecule has 5 heteroatoms. The van der Waals surface area contributed by atoms with Gasteiger partial charge in [0.2, 0.25) is 0 Å². The van der Waals surface area contributed by atoms with Crippen LogP contribution in [0.4, 0.5) is 0 Å². The zero-order chi connectivity index (χ0) is 16.7. The number of ether oxygens (including phenoxy) is 1. The maximum atomic E-state index is 6.30. The summed E-state index contributed by atoms with van der Waals surface area (Å²) in [4.78, 5) is 14.6. The van der Waals surface area contributed by atoms with Crippen LogP contribution in [0.3, 0.4) is 0 Å². The van der Waals surface area contributed by atoms with E-state index >= 15 is 0 Å². The van der Waals surface area contributed by atoms with Gasteiger partial charge in [-0.25, -0.2) is 9.97 Å². The third-order valence-electron chi connectivity index (χ3n) is 5.37. The molecule has 1 saturated heterocycles. The summed E-state index contributed by atoms with van der Waals surface area (Å²) in [6.45, 7) is 10.4. The summed E-state index contributed by atoms with van der Waals surface area (Å²) in [6.07, 6.45) is 5.00. The molecule has 0 aromatic carbocycles. The minimum atomic E-state index is -0.183. The molecule has 1 spiro atoms. The van der Waals surface area contributed by atoms with Crippen molar-refractivity contribution in [2.75, 3.05) is 19.7 Å². The van der Waals surface area contributed by atoms with E-state index in [0.29, 0.717) is 0 Å². The van der Waals surface area contributed by atoms with Gasteiger partial charge in [-0.2, -0.15) is 0 Å². The van der Waals surface area contributed by atoms with Crippen LogP contribution in [0.2, 0.25) is 0 Å². The largest absolute Gasteiger partial charge is 0.368 e. The Balaban J connectivity index is 1.50. The Labute approximate surface area is 147 Å². The number of hydrogen-bond acceptors (Lipinski definition) is 5. The van der Waals surface area contributed by atoms with Crippen molar-refractivity contribution >= 4 is 11.3 Å². The predicted octanol–water partition coefficient (Wildman–Crippen LogP) is 3.53. The summed E-state index contributed by atoms with van der Waals surface area (Å²) in [7, 11) is 0. The van der Waals surface area contributed by atoms with Gasteiger partial charge in [-0.3, -0.25) is 4.90 Å². The summed E-state index contributed by atoms with van der Waals surface area (Å²) in [5.41, 5.74) is 3.74. The molecule has 4 rings (SSSR count). The Morgan fingerprint density at radius 3 is 2.75 bits per heavy atom. The lowest BCUT2D eigenvalue weighted by molar-refractivity contribution is -0.102. The SMILES string of the molecule is Cc1ncc2c(n1)C1(CCN(Cc3cc(C)sc3C)CC1)OCC2. The molecule has 1 fully saturated rings. The maximum Gasteiger partial charge on any atom is 0.125 e. The van der Waals surface area contributed by atoms with E-state index in [0.717, 1.165) is 57.0 Å². The second-order valence-electron chi connectivity index (χ2n) is 7.10. The Kier molecular flexibility index (Phi) is 4.19. The number of thiophene rings is 1. The molecular formula is C19H25N3OS. The number of likely N-dealkylation sites (tertiary alicyclic amines) is 1. The molecule has 128 valence electrons. The smallest absolute Gasteiger partial charge is 0.125 e. The Hall–Kier alpha value is -1.30. The molecule has 0 bridgehead atoms. The molecule has 0 radical (unpaired) electrons. The van der Waals surface area contributed by atoms with Crippen LogP contribution in [0, 0.1) is 20.8 Å².